The van der Waals surface area contributed by atoms with Crippen LogP contribution in [0.5, 0.6) is 0 Å². The summed E-state index contributed by atoms with van der Waals surface area (Å²) in [4.78, 5) is 25.3. The summed E-state index contributed by atoms with van der Waals surface area (Å²) in [6, 6.07) is 5.19. The highest BCUT2D eigenvalue weighted by Gasteiger charge is 2.38. The number of carbonyl (C=O) groups excluding carboxylic acids is 2. The predicted molar refractivity (Wildman–Crippen MR) is 86.6 cm³/mol. The average molecular weight is 330 g/mol. The first kappa shape index (κ1) is 17.6. The van der Waals surface area contributed by atoms with E-state index in [0.717, 1.165) is 0 Å². The van der Waals surface area contributed by atoms with Gasteiger partial charge in [0.05, 0.1) is 6.54 Å². The van der Waals surface area contributed by atoms with Crippen LogP contribution in [0, 0.1) is 18.2 Å². The summed E-state index contributed by atoms with van der Waals surface area (Å²) in [7, 11) is 1.52. The van der Waals surface area contributed by atoms with E-state index in [1.807, 2.05) is 0 Å². The normalized spacial score (nSPS) is 13.9. The van der Waals surface area contributed by atoms with E-state index in [1.165, 1.54) is 36.2 Å². The highest BCUT2D eigenvalue weighted by molar-refractivity contribution is 5.96. The molecule has 0 unspecified atom stereocenters. The number of nitrogens with zero attached hydrogens (tertiary/aromatic N) is 3. The van der Waals surface area contributed by atoms with Crippen LogP contribution in [0.2, 0.25) is 0 Å². The summed E-state index contributed by atoms with van der Waals surface area (Å²) in [6.07, 6.45) is 7.09. The maximum absolute atomic E-state index is 12.9. The fourth-order valence-corrected chi connectivity index (χ4v) is 2.23. The number of benzene rings is 1. The molecule has 2 amide bonds. The third-order valence-corrected chi connectivity index (χ3v) is 3.72. The lowest BCUT2D eigenvalue weighted by molar-refractivity contribution is -0.121. The summed E-state index contributed by atoms with van der Waals surface area (Å²) in [6.45, 7) is 0.330. The summed E-state index contributed by atoms with van der Waals surface area (Å²) in [5, 5.41) is 10.7. The molecule has 24 heavy (non-hydrogen) atoms. The number of hydrogen-bond donors (Lipinski definition) is 1. The molecular weight excluding hydrogens is 311 g/mol. The number of amides is 2. The number of likely N-dealkylation sites (N-methyl/N-ethyl adjacent to an activating group) is 1. The van der Waals surface area contributed by atoms with E-state index in [4.69, 9.17) is 6.42 Å². The van der Waals surface area contributed by atoms with Crippen molar-refractivity contribution in [3.63, 3.8) is 0 Å². The van der Waals surface area contributed by atoms with E-state index in [0.29, 0.717) is 31.4 Å². The van der Waals surface area contributed by atoms with Crippen molar-refractivity contribution in [2.75, 3.05) is 20.1 Å². The minimum absolute atomic E-state index is 0.0815. The highest BCUT2D eigenvalue weighted by Crippen LogP contribution is 2.35. The van der Waals surface area contributed by atoms with Crippen molar-refractivity contribution >= 4 is 11.8 Å². The summed E-state index contributed by atoms with van der Waals surface area (Å²) in [5.74, 6) is 1.51. The van der Waals surface area contributed by atoms with Gasteiger partial charge in [0.2, 0.25) is 5.91 Å². The van der Waals surface area contributed by atoms with Crippen molar-refractivity contribution < 1.29 is 14.0 Å². The van der Waals surface area contributed by atoms with Crippen LogP contribution < -0.4 is 5.32 Å². The largest absolute Gasteiger partial charge is 0.354 e. The van der Waals surface area contributed by atoms with Crippen molar-refractivity contribution in [1.82, 2.24) is 10.2 Å². The molecule has 0 radical (unpaired) electrons. The molecule has 0 saturated carbocycles. The lowest BCUT2D eigenvalue weighted by Gasteiger charge is -2.17. The molecule has 7 heteroatoms. The Kier molecular flexibility index (Phi) is 5.64. The van der Waals surface area contributed by atoms with E-state index < -0.39 is 11.5 Å². The Hall–Kier alpha value is -2.75. The van der Waals surface area contributed by atoms with Crippen LogP contribution in [0.1, 0.15) is 29.6 Å². The Morgan fingerprint density at radius 1 is 1.29 bits per heavy atom. The third kappa shape index (κ3) is 4.88. The first-order valence-electron chi connectivity index (χ1n) is 7.61. The smallest absolute Gasteiger partial charge is 0.254 e. The monoisotopic (exact) mass is 330 g/mol. The Morgan fingerprint density at radius 3 is 2.54 bits per heavy atom. The molecule has 1 aliphatic heterocycles. The first-order chi connectivity index (χ1) is 11.5. The molecular formula is C17H19FN4O2. The molecule has 6 nitrogen and oxygen atoms in total. The van der Waals surface area contributed by atoms with Crippen LogP contribution in [-0.2, 0) is 4.79 Å². The van der Waals surface area contributed by atoms with E-state index in [2.05, 4.69) is 21.5 Å². The van der Waals surface area contributed by atoms with Crippen LogP contribution >= 0.6 is 0 Å². The molecule has 1 N–H and O–H groups in total. The second-order valence-electron chi connectivity index (χ2n) is 5.65. The van der Waals surface area contributed by atoms with Crippen LogP contribution in [0.4, 0.5) is 4.39 Å². The Morgan fingerprint density at radius 2 is 1.96 bits per heavy atom. The molecule has 126 valence electrons. The van der Waals surface area contributed by atoms with Gasteiger partial charge in [0.15, 0.2) is 5.66 Å². The van der Waals surface area contributed by atoms with Crippen molar-refractivity contribution in [3.05, 3.63) is 35.6 Å². The van der Waals surface area contributed by atoms with Gasteiger partial charge in [-0.15, -0.1) is 12.3 Å². The number of nitrogens with one attached hydrogen (secondary N) is 1. The fraction of sp³-hybridized carbons (Fsp3) is 0.412. The molecule has 0 bridgehead atoms. The SMILES string of the molecule is C#CCCC1(CCNC(=O)CN(C)C(=O)c2ccc(F)cc2)N=N1. The lowest BCUT2D eigenvalue weighted by atomic mass is 10.0. The van der Waals surface area contributed by atoms with E-state index in [9.17, 15) is 14.0 Å². The van der Waals surface area contributed by atoms with Crippen molar-refractivity contribution in [1.29, 1.82) is 0 Å². The number of rotatable bonds is 8. The molecule has 0 saturated heterocycles. The minimum Gasteiger partial charge on any atom is -0.354 e. The lowest BCUT2D eigenvalue weighted by Crippen LogP contribution is -2.39. The fourth-order valence-electron chi connectivity index (χ4n) is 2.23. The number of halogens is 1. The van der Waals surface area contributed by atoms with Gasteiger partial charge < -0.3 is 10.2 Å². The number of hydrogen-bond acceptors (Lipinski definition) is 4. The molecule has 0 aromatic heterocycles. The number of carbonyl (C=O) groups is 2. The van der Waals surface area contributed by atoms with Gasteiger partial charge >= 0.3 is 0 Å². The molecule has 1 aliphatic rings. The Bertz CT molecular complexity index is 673. The predicted octanol–water partition coefficient (Wildman–Crippen LogP) is 1.98. The second kappa shape index (κ2) is 7.68. The summed E-state index contributed by atoms with van der Waals surface area (Å²) < 4.78 is 12.9. The van der Waals surface area contributed by atoms with Gasteiger partial charge in [0.1, 0.15) is 5.82 Å². The second-order valence-corrected chi connectivity index (χ2v) is 5.65. The van der Waals surface area contributed by atoms with Crippen LogP contribution in [0.15, 0.2) is 34.5 Å². The topological polar surface area (TPSA) is 74.1 Å². The molecule has 0 atom stereocenters. The van der Waals surface area contributed by atoms with Gasteiger partial charge in [-0.3, -0.25) is 9.59 Å². The maximum Gasteiger partial charge on any atom is 0.254 e. The Labute approximate surface area is 140 Å². The average Bonchev–Trinajstić information content (AvgIpc) is 3.33. The first-order valence-corrected chi connectivity index (χ1v) is 7.61. The minimum atomic E-state index is -0.435. The van der Waals surface area contributed by atoms with Gasteiger partial charge in [-0.25, -0.2) is 4.39 Å². The molecule has 0 spiro atoms. The molecule has 1 aromatic carbocycles. The summed E-state index contributed by atoms with van der Waals surface area (Å²) >= 11 is 0. The van der Waals surface area contributed by atoms with Gasteiger partial charge in [-0.05, 0) is 24.3 Å². The van der Waals surface area contributed by atoms with Crippen molar-refractivity contribution in [3.8, 4) is 12.3 Å². The van der Waals surface area contributed by atoms with Crippen molar-refractivity contribution in [2.24, 2.45) is 10.2 Å². The standard InChI is InChI=1S/C17H19FN4O2/c1-3-4-9-17(20-21-17)10-11-19-15(23)12-22(2)16(24)13-5-7-14(18)8-6-13/h1,5-8H,4,9-12H2,2H3,(H,19,23). The van der Waals surface area contributed by atoms with Gasteiger partial charge in [0, 0.05) is 38.4 Å². The highest BCUT2D eigenvalue weighted by atomic mass is 19.1. The summed E-state index contributed by atoms with van der Waals surface area (Å²) in [5.41, 5.74) is -0.106. The van der Waals surface area contributed by atoms with Crippen molar-refractivity contribution in [2.45, 2.75) is 24.9 Å². The van der Waals surface area contributed by atoms with Crippen LogP contribution in [0.25, 0.3) is 0 Å². The molecule has 1 aromatic rings. The van der Waals surface area contributed by atoms with Crippen LogP contribution in [-0.4, -0.2) is 42.5 Å². The third-order valence-electron chi connectivity index (χ3n) is 3.72. The quantitative estimate of drug-likeness (QED) is 0.740. The zero-order chi connectivity index (χ0) is 17.6. The van der Waals surface area contributed by atoms with E-state index >= 15 is 0 Å². The zero-order valence-electron chi connectivity index (χ0n) is 13.5. The maximum atomic E-state index is 12.9. The van der Waals surface area contributed by atoms with Gasteiger partial charge in [-0.1, -0.05) is 0 Å². The molecule has 0 aliphatic carbocycles. The molecule has 1 heterocycles. The molecule has 0 fully saturated rings. The zero-order valence-corrected chi connectivity index (χ0v) is 13.5. The van der Waals surface area contributed by atoms with E-state index in [1.54, 1.807) is 0 Å². The van der Waals surface area contributed by atoms with Crippen LogP contribution in [0.3, 0.4) is 0 Å². The van der Waals surface area contributed by atoms with E-state index in [-0.39, 0.29) is 18.4 Å². The Balaban J connectivity index is 1.73. The molecule has 2 rings (SSSR count). The van der Waals surface area contributed by atoms with Gasteiger partial charge in [-0.2, -0.15) is 10.2 Å². The van der Waals surface area contributed by atoms with Gasteiger partial charge in [0.25, 0.3) is 5.91 Å². The number of terminal acetylenes is 1.